The summed E-state index contributed by atoms with van der Waals surface area (Å²) in [7, 11) is -2.16. The van der Waals surface area contributed by atoms with Crippen molar-refractivity contribution in [2.24, 2.45) is 7.05 Å². The Labute approximate surface area is 188 Å². The van der Waals surface area contributed by atoms with Crippen LogP contribution in [0.1, 0.15) is 18.4 Å². The summed E-state index contributed by atoms with van der Waals surface area (Å²) in [6.45, 7) is 1.69. The standard InChI is InChI=1S/C21H18ClN5O2S2/c1-21(9-15(22)3-4-18(21)14-10-25-26(2)12-14)31(28,29)27-8-6-17-16(5-7-24-20(17)27)19-11-23-13-30-19/h3-13,18H,1-2H3. The fraction of sp³-hybridized carbons (Fsp3) is 0.190. The Morgan fingerprint density at radius 3 is 2.81 bits per heavy atom. The average molecular weight is 472 g/mol. The summed E-state index contributed by atoms with van der Waals surface area (Å²) >= 11 is 7.79. The van der Waals surface area contributed by atoms with Gasteiger partial charge in [-0.25, -0.2) is 17.4 Å². The normalized spacial score (nSPS) is 21.5. The molecule has 2 atom stereocenters. The Hall–Kier alpha value is -2.75. The number of halogens is 1. The highest BCUT2D eigenvalue weighted by Gasteiger charge is 2.47. The van der Waals surface area contributed by atoms with Crippen LogP contribution in [0.5, 0.6) is 0 Å². The molecule has 0 saturated carbocycles. The summed E-state index contributed by atoms with van der Waals surface area (Å²) in [6, 6.07) is 3.65. The third-order valence-electron chi connectivity index (χ3n) is 5.64. The third kappa shape index (κ3) is 3.07. The lowest BCUT2D eigenvalue weighted by Gasteiger charge is -2.35. The van der Waals surface area contributed by atoms with Crippen LogP contribution in [0.2, 0.25) is 0 Å². The topological polar surface area (TPSA) is 82.7 Å². The van der Waals surface area contributed by atoms with E-state index in [0.29, 0.717) is 10.7 Å². The molecule has 0 aliphatic heterocycles. The Morgan fingerprint density at radius 2 is 2.10 bits per heavy atom. The Bertz CT molecular complexity index is 1450. The first-order chi connectivity index (χ1) is 14.8. The highest BCUT2D eigenvalue weighted by Crippen LogP contribution is 2.43. The molecule has 7 nitrogen and oxygen atoms in total. The van der Waals surface area contributed by atoms with Crippen molar-refractivity contribution in [2.45, 2.75) is 17.6 Å². The Kier molecular flexibility index (Phi) is 4.65. The van der Waals surface area contributed by atoms with Crippen LogP contribution in [0.3, 0.4) is 0 Å². The highest BCUT2D eigenvalue weighted by molar-refractivity contribution is 7.91. The van der Waals surface area contributed by atoms with Gasteiger partial charge in [0, 0.05) is 53.7 Å². The number of thiazole rings is 1. The molecular formula is C21H18ClN5O2S2. The predicted octanol–water partition coefficient (Wildman–Crippen LogP) is 4.31. The van der Waals surface area contributed by atoms with Crippen LogP contribution in [0.25, 0.3) is 21.5 Å². The van der Waals surface area contributed by atoms with Gasteiger partial charge in [0.2, 0.25) is 10.0 Å². The molecule has 0 fully saturated rings. The second-order valence-corrected chi connectivity index (χ2v) is 11.1. The number of fused-ring (bicyclic) bond motifs is 1. The lowest BCUT2D eigenvalue weighted by atomic mass is 9.85. The molecule has 158 valence electrons. The maximum Gasteiger partial charge on any atom is 0.250 e. The largest absolute Gasteiger partial charge is 0.276 e. The molecule has 2 unspecified atom stereocenters. The fourth-order valence-electron chi connectivity index (χ4n) is 4.05. The van der Waals surface area contributed by atoms with Crippen LogP contribution < -0.4 is 0 Å². The molecule has 4 aromatic heterocycles. The number of hydrogen-bond acceptors (Lipinski definition) is 6. The third-order valence-corrected chi connectivity index (χ3v) is 8.98. The lowest BCUT2D eigenvalue weighted by Crippen LogP contribution is -2.43. The molecular weight excluding hydrogens is 454 g/mol. The first kappa shape index (κ1) is 20.2. The Morgan fingerprint density at radius 1 is 1.26 bits per heavy atom. The second kappa shape index (κ2) is 7.15. The molecule has 5 rings (SSSR count). The van der Waals surface area contributed by atoms with E-state index in [1.165, 1.54) is 15.3 Å². The Balaban J connectivity index is 1.70. The van der Waals surface area contributed by atoms with Gasteiger partial charge >= 0.3 is 0 Å². The molecule has 0 saturated heterocycles. The monoisotopic (exact) mass is 471 g/mol. The minimum atomic E-state index is -3.96. The maximum atomic E-state index is 14.1. The lowest BCUT2D eigenvalue weighted by molar-refractivity contribution is 0.536. The van der Waals surface area contributed by atoms with E-state index in [1.807, 2.05) is 18.3 Å². The summed E-state index contributed by atoms with van der Waals surface area (Å²) in [5.41, 5.74) is 3.81. The predicted molar refractivity (Wildman–Crippen MR) is 123 cm³/mol. The van der Waals surface area contributed by atoms with Gasteiger partial charge in [0.25, 0.3) is 0 Å². The number of hydrogen-bond donors (Lipinski definition) is 0. The van der Waals surface area contributed by atoms with Crippen molar-refractivity contribution in [3.8, 4) is 10.4 Å². The molecule has 4 aromatic rings. The zero-order chi connectivity index (χ0) is 21.8. The molecule has 31 heavy (non-hydrogen) atoms. The van der Waals surface area contributed by atoms with Gasteiger partial charge in [-0.3, -0.25) is 9.67 Å². The van der Waals surface area contributed by atoms with Crippen LogP contribution in [0.15, 0.2) is 71.9 Å². The molecule has 0 bridgehead atoms. The average Bonchev–Trinajstić information content (AvgIpc) is 3.48. The number of rotatable bonds is 4. The first-order valence-corrected chi connectivity index (χ1v) is 12.2. The van der Waals surface area contributed by atoms with E-state index in [0.717, 1.165) is 21.4 Å². The van der Waals surface area contributed by atoms with Crippen molar-refractivity contribution < 1.29 is 8.42 Å². The number of aromatic nitrogens is 5. The van der Waals surface area contributed by atoms with Gasteiger partial charge in [-0.15, -0.1) is 11.3 Å². The van der Waals surface area contributed by atoms with E-state index < -0.39 is 20.7 Å². The van der Waals surface area contributed by atoms with Crippen molar-refractivity contribution in [1.29, 1.82) is 0 Å². The molecule has 0 N–H and O–H groups in total. The van der Waals surface area contributed by atoms with E-state index in [-0.39, 0.29) is 0 Å². The fourth-order valence-corrected chi connectivity index (χ4v) is 6.91. The zero-order valence-corrected chi connectivity index (χ0v) is 19.1. The summed E-state index contributed by atoms with van der Waals surface area (Å²) in [4.78, 5) is 9.49. The molecule has 1 aliphatic carbocycles. The van der Waals surface area contributed by atoms with Crippen LogP contribution in [0, 0.1) is 0 Å². The van der Waals surface area contributed by atoms with Crippen molar-refractivity contribution in [1.82, 2.24) is 23.7 Å². The molecule has 0 spiro atoms. The van der Waals surface area contributed by atoms with E-state index in [4.69, 9.17) is 11.6 Å². The smallest absolute Gasteiger partial charge is 0.250 e. The van der Waals surface area contributed by atoms with Crippen molar-refractivity contribution in [3.05, 3.63) is 77.5 Å². The van der Waals surface area contributed by atoms with Crippen molar-refractivity contribution in [2.75, 3.05) is 0 Å². The number of aryl methyl sites for hydroxylation is 1. The molecule has 0 radical (unpaired) electrons. The SMILES string of the molecule is Cn1cc(C2C=CC(Cl)=CC2(C)S(=O)(=O)n2ccc3c(-c4cncs4)ccnc32)cn1. The van der Waals surface area contributed by atoms with E-state index in [1.54, 1.807) is 67.2 Å². The van der Waals surface area contributed by atoms with Gasteiger partial charge in [0.15, 0.2) is 5.65 Å². The molecule has 1 aliphatic rings. The molecule has 10 heteroatoms. The van der Waals surface area contributed by atoms with E-state index >= 15 is 0 Å². The minimum absolute atomic E-state index is 0.371. The van der Waals surface area contributed by atoms with Crippen LogP contribution in [-0.4, -0.2) is 36.9 Å². The maximum absolute atomic E-state index is 14.1. The van der Waals surface area contributed by atoms with E-state index in [9.17, 15) is 8.42 Å². The minimum Gasteiger partial charge on any atom is -0.276 e. The molecule has 0 amide bonds. The number of pyridine rings is 1. The van der Waals surface area contributed by atoms with Gasteiger partial charge in [0.05, 0.1) is 16.6 Å². The van der Waals surface area contributed by atoms with E-state index in [2.05, 4.69) is 15.1 Å². The highest BCUT2D eigenvalue weighted by atomic mass is 35.5. The second-order valence-electron chi connectivity index (χ2n) is 7.58. The van der Waals surface area contributed by atoms with Gasteiger partial charge in [-0.2, -0.15) is 5.10 Å². The number of nitrogens with zero attached hydrogens (tertiary/aromatic N) is 5. The van der Waals surface area contributed by atoms with Crippen LogP contribution in [-0.2, 0) is 17.1 Å². The number of allylic oxidation sites excluding steroid dienone is 3. The van der Waals surface area contributed by atoms with Crippen molar-refractivity contribution >= 4 is 44.0 Å². The summed E-state index contributed by atoms with van der Waals surface area (Å²) in [5, 5.41) is 5.35. The van der Waals surface area contributed by atoms with Crippen molar-refractivity contribution in [3.63, 3.8) is 0 Å². The van der Waals surface area contributed by atoms with Gasteiger partial charge < -0.3 is 0 Å². The summed E-state index contributed by atoms with van der Waals surface area (Å²) in [5.74, 6) is -0.462. The first-order valence-electron chi connectivity index (χ1n) is 9.46. The summed E-state index contributed by atoms with van der Waals surface area (Å²) in [6.07, 6.45) is 13.6. The molecule has 4 heterocycles. The van der Waals surface area contributed by atoms with Gasteiger partial charge in [-0.1, -0.05) is 17.7 Å². The van der Waals surface area contributed by atoms with Crippen LogP contribution >= 0.6 is 22.9 Å². The van der Waals surface area contributed by atoms with Gasteiger partial charge in [0.1, 0.15) is 4.75 Å². The quantitative estimate of drug-likeness (QED) is 0.443. The van der Waals surface area contributed by atoms with Gasteiger partial charge in [-0.05, 0) is 36.8 Å². The van der Waals surface area contributed by atoms with Crippen LogP contribution in [0.4, 0.5) is 0 Å². The summed E-state index contributed by atoms with van der Waals surface area (Å²) < 4.78 is 29.7. The zero-order valence-electron chi connectivity index (χ0n) is 16.7. The molecule has 0 aromatic carbocycles.